The summed E-state index contributed by atoms with van der Waals surface area (Å²) < 4.78 is 0. The lowest BCUT2D eigenvalue weighted by Crippen LogP contribution is -2.22. The highest BCUT2D eigenvalue weighted by molar-refractivity contribution is 6.31. The Hall–Kier alpha value is -1.64. The van der Waals surface area contributed by atoms with Crippen LogP contribution in [0.4, 0.5) is 0 Å². The highest BCUT2D eigenvalue weighted by Gasteiger charge is 2.31. The topological polar surface area (TPSA) is 20.3 Å². The van der Waals surface area contributed by atoms with Gasteiger partial charge in [-0.05, 0) is 29.7 Å². The SMILES string of the molecule is Cc1ccc(CN2Cc3cccc(Cl)c3C2C=O)cc1. The Morgan fingerprint density at radius 3 is 2.70 bits per heavy atom. The number of halogens is 1. The minimum absolute atomic E-state index is 0.236. The Morgan fingerprint density at radius 1 is 1.25 bits per heavy atom. The highest BCUT2D eigenvalue weighted by Crippen LogP contribution is 2.37. The molecule has 3 heteroatoms. The van der Waals surface area contributed by atoms with Gasteiger partial charge in [0.2, 0.25) is 0 Å². The molecule has 2 aromatic carbocycles. The third-order valence-electron chi connectivity index (χ3n) is 3.84. The minimum atomic E-state index is -0.236. The van der Waals surface area contributed by atoms with Gasteiger partial charge in [0, 0.05) is 18.1 Å². The third kappa shape index (κ3) is 2.37. The number of carbonyl (C=O) groups excluding carboxylic acids is 1. The van der Waals surface area contributed by atoms with E-state index in [1.807, 2.05) is 18.2 Å². The monoisotopic (exact) mass is 285 g/mol. The standard InChI is InChI=1S/C17H16ClNO/c1-12-5-7-13(8-6-12)9-19-10-14-3-2-4-15(18)17(14)16(19)11-20/h2-8,11,16H,9-10H2,1H3. The van der Waals surface area contributed by atoms with E-state index in [-0.39, 0.29) is 6.04 Å². The smallest absolute Gasteiger partial charge is 0.141 e. The largest absolute Gasteiger partial charge is 0.301 e. The summed E-state index contributed by atoms with van der Waals surface area (Å²) in [6.45, 7) is 3.60. The molecule has 0 amide bonds. The number of carbonyl (C=O) groups is 1. The number of rotatable bonds is 3. The van der Waals surface area contributed by atoms with Crippen LogP contribution >= 0.6 is 11.6 Å². The summed E-state index contributed by atoms with van der Waals surface area (Å²) in [7, 11) is 0. The first-order chi connectivity index (χ1) is 9.69. The van der Waals surface area contributed by atoms with E-state index in [4.69, 9.17) is 11.6 Å². The summed E-state index contributed by atoms with van der Waals surface area (Å²) in [6, 6.07) is 14.0. The van der Waals surface area contributed by atoms with Crippen molar-refractivity contribution < 1.29 is 4.79 Å². The van der Waals surface area contributed by atoms with Crippen molar-refractivity contribution in [2.45, 2.75) is 26.1 Å². The molecule has 1 atom stereocenters. The van der Waals surface area contributed by atoms with E-state index in [0.717, 1.165) is 30.5 Å². The average molecular weight is 286 g/mol. The van der Waals surface area contributed by atoms with Crippen LogP contribution in [0.25, 0.3) is 0 Å². The van der Waals surface area contributed by atoms with E-state index in [2.05, 4.69) is 36.1 Å². The van der Waals surface area contributed by atoms with Crippen molar-refractivity contribution in [2.24, 2.45) is 0 Å². The predicted octanol–water partition coefficient (Wildman–Crippen LogP) is 3.90. The van der Waals surface area contributed by atoms with Crippen LogP contribution in [0.5, 0.6) is 0 Å². The van der Waals surface area contributed by atoms with Crippen molar-refractivity contribution in [3.05, 3.63) is 69.7 Å². The molecule has 2 nitrogen and oxygen atoms in total. The van der Waals surface area contributed by atoms with Gasteiger partial charge in [0.1, 0.15) is 6.29 Å². The highest BCUT2D eigenvalue weighted by atomic mass is 35.5. The van der Waals surface area contributed by atoms with Gasteiger partial charge in [-0.1, -0.05) is 53.6 Å². The zero-order valence-electron chi connectivity index (χ0n) is 11.3. The zero-order valence-corrected chi connectivity index (χ0v) is 12.1. The van der Waals surface area contributed by atoms with Crippen molar-refractivity contribution in [2.75, 3.05) is 0 Å². The van der Waals surface area contributed by atoms with Crippen LogP contribution in [-0.4, -0.2) is 11.2 Å². The summed E-state index contributed by atoms with van der Waals surface area (Å²) >= 11 is 6.25. The Morgan fingerprint density at radius 2 is 2.00 bits per heavy atom. The average Bonchev–Trinajstić information content (AvgIpc) is 2.80. The van der Waals surface area contributed by atoms with E-state index in [0.29, 0.717) is 5.02 Å². The fraction of sp³-hybridized carbons (Fsp3) is 0.235. The molecule has 0 bridgehead atoms. The number of hydrogen-bond donors (Lipinski definition) is 0. The van der Waals surface area contributed by atoms with Crippen LogP contribution in [0.2, 0.25) is 5.02 Å². The number of benzene rings is 2. The number of hydrogen-bond acceptors (Lipinski definition) is 2. The quantitative estimate of drug-likeness (QED) is 0.797. The summed E-state index contributed by atoms with van der Waals surface area (Å²) in [5, 5.41) is 0.686. The molecule has 0 aliphatic carbocycles. The first-order valence-corrected chi connectivity index (χ1v) is 7.09. The van der Waals surface area contributed by atoms with Crippen LogP contribution in [0.15, 0.2) is 42.5 Å². The first kappa shape index (κ1) is 13.3. The maximum Gasteiger partial charge on any atom is 0.141 e. The summed E-state index contributed by atoms with van der Waals surface area (Å²) in [4.78, 5) is 13.6. The molecule has 1 aliphatic rings. The number of aryl methyl sites for hydroxylation is 1. The molecule has 0 radical (unpaired) electrons. The van der Waals surface area contributed by atoms with E-state index < -0.39 is 0 Å². The number of nitrogens with zero attached hydrogens (tertiary/aromatic N) is 1. The molecular formula is C17H16ClNO. The molecule has 20 heavy (non-hydrogen) atoms. The summed E-state index contributed by atoms with van der Waals surface area (Å²) in [5.74, 6) is 0. The molecule has 0 spiro atoms. The van der Waals surface area contributed by atoms with Crippen LogP contribution in [-0.2, 0) is 17.9 Å². The van der Waals surface area contributed by atoms with Crippen molar-refractivity contribution >= 4 is 17.9 Å². The lowest BCUT2D eigenvalue weighted by atomic mass is 10.1. The van der Waals surface area contributed by atoms with Crippen molar-refractivity contribution in [3.63, 3.8) is 0 Å². The second-order valence-electron chi connectivity index (χ2n) is 5.28. The lowest BCUT2D eigenvalue weighted by molar-refractivity contribution is -0.112. The molecule has 0 fully saturated rings. The Balaban J connectivity index is 1.87. The molecule has 1 aliphatic heterocycles. The third-order valence-corrected chi connectivity index (χ3v) is 4.17. The molecule has 3 rings (SSSR count). The van der Waals surface area contributed by atoms with Gasteiger partial charge < -0.3 is 4.79 Å². The molecule has 2 aromatic rings. The summed E-state index contributed by atoms with van der Waals surface area (Å²) in [6.07, 6.45) is 0.992. The van der Waals surface area contributed by atoms with Gasteiger partial charge in [-0.25, -0.2) is 0 Å². The van der Waals surface area contributed by atoms with Gasteiger partial charge in [0.05, 0.1) is 6.04 Å². The molecule has 1 unspecified atom stereocenters. The molecule has 0 aromatic heterocycles. The summed E-state index contributed by atoms with van der Waals surface area (Å²) in [5.41, 5.74) is 4.58. The second kappa shape index (κ2) is 5.39. The predicted molar refractivity (Wildman–Crippen MR) is 80.7 cm³/mol. The van der Waals surface area contributed by atoms with Gasteiger partial charge in [0.15, 0.2) is 0 Å². The van der Waals surface area contributed by atoms with Gasteiger partial charge >= 0.3 is 0 Å². The van der Waals surface area contributed by atoms with Gasteiger partial charge in [-0.2, -0.15) is 0 Å². The van der Waals surface area contributed by atoms with Crippen LogP contribution < -0.4 is 0 Å². The van der Waals surface area contributed by atoms with Crippen LogP contribution in [0, 0.1) is 6.92 Å². The molecule has 1 heterocycles. The Labute approximate surface area is 124 Å². The molecular weight excluding hydrogens is 270 g/mol. The zero-order chi connectivity index (χ0) is 14.1. The van der Waals surface area contributed by atoms with Crippen molar-refractivity contribution in [1.29, 1.82) is 0 Å². The normalized spacial score (nSPS) is 18.0. The number of aldehydes is 1. The van der Waals surface area contributed by atoms with Crippen LogP contribution in [0.1, 0.15) is 28.3 Å². The Kier molecular flexibility index (Phi) is 3.60. The lowest BCUT2D eigenvalue weighted by Gasteiger charge is -2.20. The molecule has 0 N–H and O–H groups in total. The second-order valence-corrected chi connectivity index (χ2v) is 5.69. The van der Waals surface area contributed by atoms with E-state index >= 15 is 0 Å². The molecule has 0 saturated carbocycles. The fourth-order valence-electron chi connectivity index (χ4n) is 2.79. The Bertz CT molecular complexity index is 636. The fourth-order valence-corrected chi connectivity index (χ4v) is 3.09. The van der Waals surface area contributed by atoms with Gasteiger partial charge in [0.25, 0.3) is 0 Å². The van der Waals surface area contributed by atoms with Crippen molar-refractivity contribution in [3.8, 4) is 0 Å². The number of fused-ring (bicyclic) bond motifs is 1. The van der Waals surface area contributed by atoms with E-state index in [9.17, 15) is 4.79 Å². The molecule has 102 valence electrons. The molecule has 0 saturated heterocycles. The maximum absolute atomic E-state index is 11.5. The van der Waals surface area contributed by atoms with E-state index in [1.54, 1.807) is 0 Å². The minimum Gasteiger partial charge on any atom is -0.301 e. The maximum atomic E-state index is 11.5. The van der Waals surface area contributed by atoms with Crippen molar-refractivity contribution in [1.82, 2.24) is 4.90 Å². The van der Waals surface area contributed by atoms with Gasteiger partial charge in [-0.3, -0.25) is 4.90 Å². The first-order valence-electron chi connectivity index (χ1n) is 6.71. The van der Waals surface area contributed by atoms with Crippen LogP contribution in [0.3, 0.4) is 0 Å². The van der Waals surface area contributed by atoms with Gasteiger partial charge in [-0.15, -0.1) is 0 Å². The van der Waals surface area contributed by atoms with E-state index in [1.165, 1.54) is 11.1 Å².